The number of benzene rings is 2. The molecule has 1 aliphatic heterocycles. The smallest absolute Gasteiger partial charge is 0.416 e. The minimum atomic E-state index is -4.71. The van der Waals surface area contributed by atoms with Crippen LogP contribution in [0, 0.1) is 27.4 Å². The van der Waals surface area contributed by atoms with Gasteiger partial charge >= 0.3 is 12.1 Å². The fraction of sp³-hybridized carbons (Fsp3) is 0.348. The van der Waals surface area contributed by atoms with E-state index in [2.05, 4.69) is 5.32 Å². The van der Waals surface area contributed by atoms with Crippen molar-refractivity contribution in [2.24, 2.45) is 5.92 Å². The van der Waals surface area contributed by atoms with E-state index in [9.17, 15) is 32.9 Å². The summed E-state index contributed by atoms with van der Waals surface area (Å²) in [5.74, 6) is -1.72. The van der Waals surface area contributed by atoms with Crippen molar-refractivity contribution in [3.8, 4) is 6.07 Å². The first-order valence-corrected chi connectivity index (χ1v) is 10.6. The van der Waals surface area contributed by atoms with E-state index in [0.717, 1.165) is 12.1 Å². The zero-order chi connectivity index (χ0) is 25.8. The van der Waals surface area contributed by atoms with E-state index >= 15 is 0 Å². The van der Waals surface area contributed by atoms with Gasteiger partial charge in [-0.15, -0.1) is 0 Å². The molecule has 9 nitrogen and oxygen atoms in total. The van der Waals surface area contributed by atoms with Crippen molar-refractivity contribution >= 4 is 28.9 Å². The van der Waals surface area contributed by atoms with Crippen LogP contribution < -0.4 is 10.2 Å². The number of nitrogens with zero attached hydrogens (tertiary/aromatic N) is 3. The summed E-state index contributed by atoms with van der Waals surface area (Å²) in [5.41, 5.74) is -0.864. The fourth-order valence-electron chi connectivity index (χ4n) is 3.67. The number of anilines is 2. The number of carbonyl (C=O) groups is 2. The number of piperidine rings is 1. The summed E-state index contributed by atoms with van der Waals surface area (Å²) >= 11 is 0. The maximum atomic E-state index is 12.9. The Hall–Kier alpha value is -4.14. The van der Waals surface area contributed by atoms with Crippen LogP contribution in [-0.4, -0.2) is 36.0 Å². The molecule has 2 aromatic rings. The Morgan fingerprint density at radius 1 is 1.20 bits per heavy atom. The van der Waals surface area contributed by atoms with Crippen LogP contribution in [0.2, 0.25) is 0 Å². The van der Waals surface area contributed by atoms with E-state index in [1.165, 1.54) is 19.1 Å². The molecule has 1 atom stereocenters. The Morgan fingerprint density at radius 3 is 2.37 bits per heavy atom. The molecule has 1 saturated heterocycles. The van der Waals surface area contributed by atoms with E-state index in [1.807, 2.05) is 6.07 Å². The number of alkyl halides is 3. The largest absolute Gasteiger partial charge is 0.452 e. The minimum absolute atomic E-state index is 0.0463. The number of nitro benzene ring substituents is 1. The highest BCUT2D eigenvalue weighted by Gasteiger charge is 2.35. The normalized spacial score (nSPS) is 15.1. The number of halogens is 3. The number of hydrogen-bond donors (Lipinski definition) is 1. The highest BCUT2D eigenvalue weighted by atomic mass is 19.4. The number of esters is 1. The van der Waals surface area contributed by atoms with Gasteiger partial charge in [-0.2, -0.15) is 18.4 Å². The van der Waals surface area contributed by atoms with Gasteiger partial charge in [0.25, 0.3) is 11.6 Å². The summed E-state index contributed by atoms with van der Waals surface area (Å²) in [6, 6.07) is 10.5. The monoisotopic (exact) mass is 490 g/mol. The molecular weight excluding hydrogens is 469 g/mol. The van der Waals surface area contributed by atoms with Crippen molar-refractivity contribution in [1.29, 1.82) is 5.26 Å². The molecule has 1 N–H and O–H groups in total. The summed E-state index contributed by atoms with van der Waals surface area (Å²) < 4.78 is 44.1. The van der Waals surface area contributed by atoms with E-state index < -0.39 is 46.2 Å². The Bertz CT molecular complexity index is 1150. The van der Waals surface area contributed by atoms with Crippen molar-refractivity contribution in [2.75, 3.05) is 23.3 Å². The molecule has 0 bridgehead atoms. The molecule has 0 radical (unpaired) electrons. The zero-order valence-electron chi connectivity index (χ0n) is 18.5. The number of ether oxygens (including phenoxy) is 1. The molecule has 0 spiro atoms. The first kappa shape index (κ1) is 25.5. The van der Waals surface area contributed by atoms with Crippen LogP contribution in [0.5, 0.6) is 0 Å². The van der Waals surface area contributed by atoms with E-state index in [-0.39, 0.29) is 31.6 Å². The van der Waals surface area contributed by atoms with Gasteiger partial charge in [0.15, 0.2) is 6.10 Å². The molecule has 3 rings (SSSR count). The third-order valence-corrected chi connectivity index (χ3v) is 5.61. The lowest BCUT2D eigenvalue weighted by Crippen LogP contribution is -2.39. The average molecular weight is 490 g/mol. The lowest BCUT2D eigenvalue weighted by Gasteiger charge is -2.32. The van der Waals surface area contributed by atoms with Crippen LogP contribution in [-0.2, 0) is 20.5 Å². The van der Waals surface area contributed by atoms with Crippen LogP contribution in [0.15, 0.2) is 42.5 Å². The Balaban J connectivity index is 1.57. The van der Waals surface area contributed by atoms with Gasteiger partial charge in [0.2, 0.25) is 0 Å². The molecule has 2 aromatic carbocycles. The first-order chi connectivity index (χ1) is 16.5. The van der Waals surface area contributed by atoms with Crippen molar-refractivity contribution in [3.05, 3.63) is 63.7 Å². The van der Waals surface area contributed by atoms with Crippen molar-refractivity contribution in [2.45, 2.75) is 32.0 Å². The van der Waals surface area contributed by atoms with Gasteiger partial charge in [-0.1, -0.05) is 0 Å². The van der Waals surface area contributed by atoms with Gasteiger partial charge in [0.05, 0.1) is 28.0 Å². The second-order valence-corrected chi connectivity index (χ2v) is 7.98. The number of nitro groups is 1. The summed E-state index contributed by atoms with van der Waals surface area (Å²) in [6.45, 7) is 1.80. The standard InChI is InChI=1S/C23H21F3N4O5/c1-14(21(31)28-18-5-2-15(13-27)3-6-18)35-22(32)16-8-10-29(11-9-16)19-7-4-17(23(24,25)26)12-20(19)30(33)34/h2-7,12,14,16H,8-11H2,1H3,(H,28,31). The maximum absolute atomic E-state index is 12.9. The first-order valence-electron chi connectivity index (χ1n) is 10.6. The second kappa shape index (κ2) is 10.4. The number of carbonyl (C=O) groups excluding carboxylic acids is 2. The predicted octanol–water partition coefficient (Wildman–Crippen LogP) is 4.27. The van der Waals surface area contributed by atoms with E-state index in [0.29, 0.717) is 17.3 Å². The molecule has 0 aliphatic carbocycles. The molecule has 35 heavy (non-hydrogen) atoms. The van der Waals surface area contributed by atoms with Crippen LogP contribution in [0.1, 0.15) is 30.9 Å². The Labute approximate surface area is 198 Å². The summed E-state index contributed by atoms with van der Waals surface area (Å²) in [7, 11) is 0. The van der Waals surface area contributed by atoms with Crippen molar-refractivity contribution in [1.82, 2.24) is 0 Å². The van der Waals surface area contributed by atoms with Gasteiger partial charge in [-0.3, -0.25) is 19.7 Å². The minimum Gasteiger partial charge on any atom is -0.452 e. The van der Waals surface area contributed by atoms with E-state index in [1.54, 1.807) is 17.0 Å². The lowest BCUT2D eigenvalue weighted by molar-refractivity contribution is -0.384. The molecule has 0 aromatic heterocycles. The number of nitriles is 1. The van der Waals surface area contributed by atoms with Gasteiger partial charge in [0.1, 0.15) is 5.69 Å². The van der Waals surface area contributed by atoms with Gasteiger partial charge in [-0.25, -0.2) is 0 Å². The average Bonchev–Trinajstić information content (AvgIpc) is 2.83. The highest BCUT2D eigenvalue weighted by Crippen LogP contribution is 2.37. The number of rotatable bonds is 6. The molecule has 0 saturated carbocycles. The Kier molecular flexibility index (Phi) is 7.58. The topological polar surface area (TPSA) is 126 Å². The second-order valence-electron chi connectivity index (χ2n) is 7.98. The molecule has 184 valence electrons. The predicted molar refractivity (Wildman–Crippen MR) is 118 cm³/mol. The summed E-state index contributed by atoms with van der Waals surface area (Å²) in [4.78, 5) is 36.9. The zero-order valence-corrected chi connectivity index (χ0v) is 18.5. The van der Waals surface area contributed by atoms with Gasteiger partial charge < -0.3 is 15.0 Å². The molecule has 1 fully saturated rings. The molecule has 1 heterocycles. The summed E-state index contributed by atoms with van der Waals surface area (Å²) in [6.07, 6.45) is -5.29. The maximum Gasteiger partial charge on any atom is 0.416 e. The van der Waals surface area contributed by atoms with Crippen LogP contribution in [0.3, 0.4) is 0 Å². The van der Waals surface area contributed by atoms with Gasteiger partial charge in [-0.05, 0) is 56.2 Å². The molecule has 1 unspecified atom stereocenters. The van der Waals surface area contributed by atoms with E-state index in [4.69, 9.17) is 10.00 Å². The number of nitrogens with one attached hydrogen (secondary N) is 1. The molecule has 1 aliphatic rings. The third kappa shape index (κ3) is 6.26. The number of hydrogen-bond acceptors (Lipinski definition) is 7. The molecule has 1 amide bonds. The summed E-state index contributed by atoms with van der Waals surface area (Å²) in [5, 5.41) is 22.7. The molecular formula is C23H21F3N4O5. The van der Waals surface area contributed by atoms with Crippen molar-refractivity contribution in [3.63, 3.8) is 0 Å². The Morgan fingerprint density at radius 2 is 1.83 bits per heavy atom. The van der Waals surface area contributed by atoms with Gasteiger partial charge in [0, 0.05) is 24.8 Å². The van der Waals surface area contributed by atoms with Crippen LogP contribution in [0.25, 0.3) is 0 Å². The quantitative estimate of drug-likeness (QED) is 0.364. The lowest BCUT2D eigenvalue weighted by atomic mass is 9.96. The molecule has 12 heteroatoms. The fourth-order valence-corrected chi connectivity index (χ4v) is 3.67. The van der Waals surface area contributed by atoms with Crippen LogP contribution >= 0.6 is 0 Å². The van der Waals surface area contributed by atoms with Crippen molar-refractivity contribution < 1.29 is 32.4 Å². The highest BCUT2D eigenvalue weighted by molar-refractivity contribution is 5.95. The SMILES string of the molecule is CC(OC(=O)C1CCN(c2ccc(C(F)(F)F)cc2[N+](=O)[O-])CC1)C(=O)Nc1ccc(C#N)cc1. The van der Waals surface area contributed by atoms with Crippen LogP contribution in [0.4, 0.5) is 30.2 Å². The number of amides is 1. The third-order valence-electron chi connectivity index (χ3n) is 5.61.